The third kappa shape index (κ3) is 3.42. The van der Waals surface area contributed by atoms with Gasteiger partial charge in [-0.25, -0.2) is 27.9 Å². The van der Waals surface area contributed by atoms with Crippen molar-refractivity contribution in [3.8, 4) is 22.5 Å². The number of carboxylic acid groups (broad SMARTS) is 1. The van der Waals surface area contributed by atoms with Gasteiger partial charge in [-0.05, 0) is 42.3 Å². The van der Waals surface area contributed by atoms with Crippen LogP contribution >= 0.6 is 0 Å². The van der Waals surface area contributed by atoms with E-state index in [-0.39, 0.29) is 17.7 Å². The number of alkyl halides is 2. The van der Waals surface area contributed by atoms with Crippen LogP contribution in [0.25, 0.3) is 28.2 Å². The summed E-state index contributed by atoms with van der Waals surface area (Å²) < 4.78 is 43.3. The first-order valence-electron chi connectivity index (χ1n) is 9.93. The summed E-state index contributed by atoms with van der Waals surface area (Å²) in [6, 6.07) is 7.46. The number of halogens is 3. The highest BCUT2D eigenvalue weighted by Crippen LogP contribution is 2.45. The van der Waals surface area contributed by atoms with Crippen molar-refractivity contribution in [2.24, 2.45) is 5.73 Å². The van der Waals surface area contributed by atoms with Crippen LogP contribution in [0.1, 0.15) is 28.4 Å². The van der Waals surface area contributed by atoms with E-state index >= 15 is 0 Å². The predicted octanol–water partition coefficient (Wildman–Crippen LogP) is 3.78. The van der Waals surface area contributed by atoms with Gasteiger partial charge in [0.2, 0.25) is 0 Å². The van der Waals surface area contributed by atoms with Gasteiger partial charge in [0.25, 0.3) is 6.43 Å². The topological polar surface area (TPSA) is 98.4 Å². The lowest BCUT2D eigenvalue weighted by molar-refractivity contribution is 0.0689. The molecule has 0 spiro atoms. The number of carboxylic acids is 1. The molecule has 10 heteroatoms. The highest BCUT2D eigenvalue weighted by Gasteiger charge is 2.37. The van der Waals surface area contributed by atoms with Gasteiger partial charge in [0.1, 0.15) is 11.5 Å². The molecule has 1 aromatic carbocycles. The van der Waals surface area contributed by atoms with E-state index in [1.54, 1.807) is 18.2 Å². The van der Waals surface area contributed by atoms with E-state index in [4.69, 9.17) is 5.73 Å². The largest absolute Gasteiger partial charge is 0.477 e. The van der Waals surface area contributed by atoms with Crippen molar-refractivity contribution in [1.29, 1.82) is 0 Å². The van der Waals surface area contributed by atoms with E-state index in [0.717, 1.165) is 0 Å². The number of imidazole rings is 2. The fourth-order valence-corrected chi connectivity index (χ4v) is 4.08. The first kappa shape index (κ1) is 20.3. The Bertz CT molecular complexity index is 1350. The molecule has 1 aliphatic rings. The van der Waals surface area contributed by atoms with Crippen LogP contribution in [-0.4, -0.2) is 42.5 Å². The Labute approximate surface area is 179 Å². The van der Waals surface area contributed by atoms with Crippen LogP contribution in [0.15, 0.2) is 49.1 Å². The minimum absolute atomic E-state index is 0.0384. The maximum atomic E-state index is 14.0. The van der Waals surface area contributed by atoms with E-state index in [1.807, 2.05) is 0 Å². The zero-order valence-electron chi connectivity index (χ0n) is 16.6. The Balaban J connectivity index is 1.73. The number of rotatable bonds is 6. The standard InChI is InChI=1S/C22H18F3N5O2/c23-12-2-3-13(14(5-12)15-6-16(15)26)20-21(29(10-28-20)9-18(24)25)11-1-4-19-27-7-17(22(31)32)30(19)8-11/h1-5,7-8,10,15-16,18H,6,9,26H2,(H,31,32). The first-order chi connectivity index (χ1) is 15.3. The Morgan fingerprint density at radius 2 is 2.03 bits per heavy atom. The summed E-state index contributed by atoms with van der Waals surface area (Å²) in [5.74, 6) is -1.62. The summed E-state index contributed by atoms with van der Waals surface area (Å²) in [5.41, 5.74) is 8.87. The highest BCUT2D eigenvalue weighted by molar-refractivity contribution is 5.87. The summed E-state index contributed by atoms with van der Waals surface area (Å²) in [6.45, 7) is -0.602. The van der Waals surface area contributed by atoms with E-state index in [0.29, 0.717) is 40.1 Å². The Hall–Kier alpha value is -3.66. The first-order valence-corrected chi connectivity index (χ1v) is 9.93. The van der Waals surface area contributed by atoms with Crippen LogP contribution in [0.2, 0.25) is 0 Å². The van der Waals surface area contributed by atoms with Crippen molar-refractivity contribution in [3.05, 3.63) is 66.1 Å². The average Bonchev–Trinajstić information content (AvgIpc) is 3.14. The molecule has 0 saturated heterocycles. The number of fused-ring (bicyclic) bond motifs is 1. The lowest BCUT2D eigenvalue weighted by atomic mass is 9.97. The molecule has 0 aliphatic heterocycles. The van der Waals surface area contributed by atoms with Gasteiger partial charge in [-0.3, -0.25) is 4.40 Å². The number of aromatic nitrogens is 4. The van der Waals surface area contributed by atoms with Crippen molar-refractivity contribution in [1.82, 2.24) is 18.9 Å². The maximum absolute atomic E-state index is 14.0. The molecule has 0 amide bonds. The Morgan fingerprint density at radius 3 is 2.72 bits per heavy atom. The Kier molecular flexibility index (Phi) is 4.74. The van der Waals surface area contributed by atoms with Crippen LogP contribution in [0.5, 0.6) is 0 Å². The smallest absolute Gasteiger partial charge is 0.354 e. The molecular formula is C22H18F3N5O2. The van der Waals surface area contributed by atoms with Crippen LogP contribution in [0.3, 0.4) is 0 Å². The molecule has 1 fully saturated rings. The molecule has 32 heavy (non-hydrogen) atoms. The number of hydrogen-bond donors (Lipinski definition) is 2. The number of nitrogens with two attached hydrogens (primary N) is 1. The van der Waals surface area contributed by atoms with Gasteiger partial charge in [0, 0.05) is 29.3 Å². The third-order valence-electron chi connectivity index (χ3n) is 5.68. The second kappa shape index (κ2) is 7.49. The number of benzene rings is 1. The molecule has 2 unspecified atom stereocenters. The lowest BCUT2D eigenvalue weighted by Gasteiger charge is -2.13. The summed E-state index contributed by atoms with van der Waals surface area (Å²) in [5, 5.41) is 9.43. The molecule has 0 radical (unpaired) electrons. The van der Waals surface area contributed by atoms with Crippen LogP contribution in [0.4, 0.5) is 13.2 Å². The van der Waals surface area contributed by atoms with E-state index in [2.05, 4.69) is 9.97 Å². The van der Waals surface area contributed by atoms with Gasteiger partial charge in [0.15, 0.2) is 5.69 Å². The summed E-state index contributed by atoms with van der Waals surface area (Å²) in [4.78, 5) is 20.0. The van der Waals surface area contributed by atoms with Crippen molar-refractivity contribution < 1.29 is 23.1 Å². The zero-order chi connectivity index (χ0) is 22.6. The molecule has 3 heterocycles. The SMILES string of the molecule is NC1CC1c1cc(F)ccc1-c1ncn(CC(F)F)c1-c1ccc2ncc(C(=O)O)n2c1. The van der Waals surface area contributed by atoms with E-state index < -0.39 is 24.8 Å². The van der Waals surface area contributed by atoms with E-state index in [1.165, 1.54) is 39.8 Å². The van der Waals surface area contributed by atoms with E-state index in [9.17, 15) is 23.1 Å². The van der Waals surface area contributed by atoms with Gasteiger partial charge in [-0.2, -0.15) is 0 Å². The number of carbonyl (C=O) groups is 1. The number of nitrogens with zero attached hydrogens (tertiary/aromatic N) is 4. The molecule has 3 aromatic heterocycles. The molecule has 4 aromatic rings. The van der Waals surface area contributed by atoms with Crippen molar-refractivity contribution >= 4 is 11.6 Å². The Morgan fingerprint density at radius 1 is 1.25 bits per heavy atom. The predicted molar refractivity (Wildman–Crippen MR) is 110 cm³/mol. The average molecular weight is 441 g/mol. The molecule has 2 atom stereocenters. The normalized spacial score (nSPS) is 17.9. The molecule has 1 saturated carbocycles. The van der Waals surface area contributed by atoms with Crippen LogP contribution in [0, 0.1) is 5.82 Å². The van der Waals surface area contributed by atoms with Crippen molar-refractivity contribution in [3.63, 3.8) is 0 Å². The number of hydrogen-bond acceptors (Lipinski definition) is 4. The number of aromatic carboxylic acids is 1. The minimum atomic E-state index is -2.63. The fraction of sp³-hybridized carbons (Fsp3) is 0.227. The third-order valence-corrected chi connectivity index (χ3v) is 5.68. The molecular weight excluding hydrogens is 423 g/mol. The summed E-state index contributed by atoms with van der Waals surface area (Å²) in [7, 11) is 0. The molecule has 1 aliphatic carbocycles. The number of pyridine rings is 1. The quantitative estimate of drug-likeness (QED) is 0.475. The molecule has 164 valence electrons. The van der Waals surface area contributed by atoms with Crippen molar-refractivity contribution in [2.45, 2.75) is 31.4 Å². The summed E-state index contributed by atoms with van der Waals surface area (Å²) in [6.07, 6.45) is 2.14. The minimum Gasteiger partial charge on any atom is -0.477 e. The van der Waals surface area contributed by atoms with Gasteiger partial charge in [-0.15, -0.1) is 0 Å². The van der Waals surface area contributed by atoms with Crippen molar-refractivity contribution in [2.75, 3.05) is 0 Å². The monoisotopic (exact) mass is 441 g/mol. The maximum Gasteiger partial charge on any atom is 0.354 e. The molecule has 3 N–H and O–H groups in total. The zero-order valence-corrected chi connectivity index (χ0v) is 16.6. The molecule has 0 bridgehead atoms. The summed E-state index contributed by atoms with van der Waals surface area (Å²) >= 11 is 0. The van der Waals surface area contributed by atoms with Gasteiger partial charge in [-0.1, -0.05) is 0 Å². The molecule has 5 rings (SSSR count). The lowest BCUT2D eigenvalue weighted by Crippen LogP contribution is -2.08. The van der Waals surface area contributed by atoms with Crippen LogP contribution in [-0.2, 0) is 6.54 Å². The highest BCUT2D eigenvalue weighted by atomic mass is 19.3. The molecule has 7 nitrogen and oxygen atoms in total. The second-order valence-corrected chi connectivity index (χ2v) is 7.82. The fourth-order valence-electron chi connectivity index (χ4n) is 4.08. The van der Waals surface area contributed by atoms with Gasteiger partial charge >= 0.3 is 5.97 Å². The second-order valence-electron chi connectivity index (χ2n) is 7.82. The van der Waals surface area contributed by atoms with Gasteiger partial charge in [0.05, 0.1) is 30.5 Å². The van der Waals surface area contributed by atoms with Crippen LogP contribution < -0.4 is 5.73 Å². The van der Waals surface area contributed by atoms with Gasteiger partial charge < -0.3 is 15.4 Å².